The molecule has 4 rings (SSSR count). The van der Waals surface area contributed by atoms with E-state index in [1.54, 1.807) is 19.2 Å². The number of ether oxygens (including phenoxy) is 1. The molecular formula is C23H24ClN3O2. The van der Waals surface area contributed by atoms with E-state index in [1.807, 2.05) is 24.3 Å². The molecule has 3 aromatic rings. The number of benzene rings is 2. The fourth-order valence-corrected chi connectivity index (χ4v) is 3.79. The van der Waals surface area contributed by atoms with Crippen LogP contribution in [0.3, 0.4) is 0 Å². The lowest BCUT2D eigenvalue weighted by Gasteiger charge is -2.26. The van der Waals surface area contributed by atoms with Gasteiger partial charge >= 0.3 is 0 Å². The van der Waals surface area contributed by atoms with E-state index in [1.165, 1.54) is 16.5 Å². The number of aromatic nitrogens is 1. The molecule has 0 spiro atoms. The molecule has 0 saturated heterocycles. The van der Waals surface area contributed by atoms with Gasteiger partial charge in [0.2, 0.25) is 5.91 Å². The Bertz CT molecular complexity index is 1040. The van der Waals surface area contributed by atoms with Gasteiger partial charge in [-0.3, -0.25) is 9.69 Å². The average Bonchev–Trinajstić information content (AvgIpc) is 3.17. The zero-order chi connectivity index (χ0) is 20.2. The maximum Gasteiger partial charge on any atom is 0.225 e. The fraction of sp³-hybridized carbons (Fsp3) is 0.261. The molecule has 6 heteroatoms. The summed E-state index contributed by atoms with van der Waals surface area (Å²) in [5.41, 5.74) is 4.46. The van der Waals surface area contributed by atoms with E-state index < -0.39 is 0 Å². The molecule has 150 valence electrons. The first-order chi connectivity index (χ1) is 14.1. The second kappa shape index (κ2) is 8.72. The zero-order valence-corrected chi connectivity index (χ0v) is 17.1. The highest BCUT2D eigenvalue weighted by Gasteiger charge is 2.16. The minimum atomic E-state index is 0.0193. The Balaban J connectivity index is 1.34. The summed E-state index contributed by atoms with van der Waals surface area (Å²) < 4.78 is 5.37. The molecule has 1 amide bonds. The molecule has 0 bridgehead atoms. The summed E-state index contributed by atoms with van der Waals surface area (Å²) in [5, 5.41) is 4.76. The van der Waals surface area contributed by atoms with E-state index in [4.69, 9.17) is 16.3 Å². The summed E-state index contributed by atoms with van der Waals surface area (Å²) in [6.45, 7) is 2.53. The monoisotopic (exact) mass is 409 g/mol. The van der Waals surface area contributed by atoms with E-state index in [2.05, 4.69) is 33.5 Å². The van der Waals surface area contributed by atoms with Crippen LogP contribution in [0.5, 0.6) is 5.75 Å². The molecule has 0 radical (unpaired) electrons. The maximum atomic E-state index is 12.2. The van der Waals surface area contributed by atoms with Crippen LogP contribution in [0.25, 0.3) is 16.5 Å². The van der Waals surface area contributed by atoms with Crippen molar-refractivity contribution >= 4 is 39.7 Å². The number of halogens is 1. The molecule has 0 unspecified atom stereocenters. The van der Waals surface area contributed by atoms with E-state index in [0.29, 0.717) is 11.4 Å². The molecule has 2 aromatic carbocycles. The van der Waals surface area contributed by atoms with Gasteiger partial charge in [0.15, 0.2) is 0 Å². The van der Waals surface area contributed by atoms with Gasteiger partial charge in [-0.2, -0.15) is 0 Å². The van der Waals surface area contributed by atoms with Crippen LogP contribution < -0.4 is 10.1 Å². The number of anilines is 1. The van der Waals surface area contributed by atoms with Crippen molar-refractivity contribution in [2.75, 3.05) is 32.1 Å². The lowest BCUT2D eigenvalue weighted by atomic mass is 9.98. The fourth-order valence-electron chi connectivity index (χ4n) is 3.67. The number of amides is 1. The molecule has 0 saturated carbocycles. The normalized spacial score (nSPS) is 14.6. The number of hydrogen-bond donors (Lipinski definition) is 2. The summed E-state index contributed by atoms with van der Waals surface area (Å²) in [4.78, 5) is 17.8. The summed E-state index contributed by atoms with van der Waals surface area (Å²) in [5.74, 6) is 0.883. The molecule has 0 fully saturated rings. The van der Waals surface area contributed by atoms with Crippen molar-refractivity contribution in [3.63, 3.8) is 0 Å². The summed E-state index contributed by atoms with van der Waals surface area (Å²) in [6, 6.07) is 13.3. The molecule has 2 heterocycles. The first-order valence-corrected chi connectivity index (χ1v) is 10.1. The number of methoxy groups -OCH3 is 1. The van der Waals surface area contributed by atoms with Crippen LogP contribution in [0.1, 0.15) is 18.4 Å². The van der Waals surface area contributed by atoms with Gasteiger partial charge in [-0.05, 0) is 54.5 Å². The van der Waals surface area contributed by atoms with Crippen molar-refractivity contribution in [2.24, 2.45) is 0 Å². The molecule has 1 aliphatic heterocycles. The minimum Gasteiger partial charge on any atom is -0.497 e. The topological polar surface area (TPSA) is 57.4 Å². The standard InChI is InChI=1S/C23H24ClN3O2/c1-29-19-6-7-22-20(14-19)21(15-25-22)16-8-11-27(12-9-16)13-10-23(28)26-18-4-2-17(24)3-5-18/h2-8,14-15,25H,9-13H2,1H3,(H,26,28). The Labute approximate surface area is 175 Å². The lowest BCUT2D eigenvalue weighted by Crippen LogP contribution is -2.31. The second-order valence-corrected chi connectivity index (χ2v) is 7.64. The molecule has 1 aliphatic rings. The number of carbonyl (C=O) groups excluding carboxylic acids is 1. The quantitative estimate of drug-likeness (QED) is 0.605. The summed E-state index contributed by atoms with van der Waals surface area (Å²) >= 11 is 5.87. The van der Waals surface area contributed by atoms with E-state index in [-0.39, 0.29) is 5.91 Å². The number of aromatic amines is 1. The number of rotatable bonds is 6. The first kappa shape index (κ1) is 19.6. The second-order valence-electron chi connectivity index (χ2n) is 7.20. The van der Waals surface area contributed by atoms with Crippen LogP contribution in [0.2, 0.25) is 5.02 Å². The Kier molecular flexibility index (Phi) is 5.88. The molecule has 1 aromatic heterocycles. The van der Waals surface area contributed by atoms with Gasteiger partial charge in [0.25, 0.3) is 0 Å². The SMILES string of the molecule is COc1ccc2[nH]cc(C3=CCN(CCC(=O)Nc4ccc(Cl)cc4)CC3)c2c1. The van der Waals surface area contributed by atoms with Crippen molar-refractivity contribution in [1.82, 2.24) is 9.88 Å². The maximum absolute atomic E-state index is 12.2. The molecule has 0 atom stereocenters. The zero-order valence-electron chi connectivity index (χ0n) is 16.4. The van der Waals surface area contributed by atoms with Gasteiger partial charge in [-0.1, -0.05) is 17.7 Å². The van der Waals surface area contributed by atoms with Crippen LogP contribution in [-0.2, 0) is 4.79 Å². The molecule has 5 nitrogen and oxygen atoms in total. The predicted molar refractivity (Wildman–Crippen MR) is 119 cm³/mol. The highest BCUT2D eigenvalue weighted by atomic mass is 35.5. The number of fused-ring (bicyclic) bond motifs is 1. The highest BCUT2D eigenvalue weighted by molar-refractivity contribution is 6.30. The third-order valence-corrected chi connectivity index (χ3v) is 5.56. The Morgan fingerprint density at radius 1 is 1.24 bits per heavy atom. The van der Waals surface area contributed by atoms with Crippen molar-refractivity contribution in [2.45, 2.75) is 12.8 Å². The Hall–Kier alpha value is -2.76. The third-order valence-electron chi connectivity index (χ3n) is 5.31. The van der Waals surface area contributed by atoms with Crippen molar-refractivity contribution in [3.8, 4) is 5.75 Å². The Morgan fingerprint density at radius 3 is 2.79 bits per heavy atom. The minimum absolute atomic E-state index is 0.0193. The lowest BCUT2D eigenvalue weighted by molar-refractivity contribution is -0.116. The van der Waals surface area contributed by atoms with Crippen LogP contribution in [-0.4, -0.2) is 42.5 Å². The number of carbonyl (C=O) groups is 1. The highest BCUT2D eigenvalue weighted by Crippen LogP contribution is 2.31. The summed E-state index contributed by atoms with van der Waals surface area (Å²) in [7, 11) is 1.69. The predicted octanol–water partition coefficient (Wildman–Crippen LogP) is 4.95. The van der Waals surface area contributed by atoms with Gasteiger partial charge in [-0.25, -0.2) is 0 Å². The van der Waals surface area contributed by atoms with E-state index in [9.17, 15) is 4.79 Å². The van der Waals surface area contributed by atoms with Crippen LogP contribution >= 0.6 is 11.6 Å². The van der Waals surface area contributed by atoms with Crippen molar-refractivity contribution in [3.05, 3.63) is 65.3 Å². The molecule has 2 N–H and O–H groups in total. The number of nitrogens with zero attached hydrogens (tertiary/aromatic N) is 1. The first-order valence-electron chi connectivity index (χ1n) is 9.74. The smallest absolute Gasteiger partial charge is 0.225 e. The van der Waals surface area contributed by atoms with Gasteiger partial charge in [0.05, 0.1) is 7.11 Å². The van der Waals surface area contributed by atoms with Crippen LogP contribution in [0, 0.1) is 0 Å². The van der Waals surface area contributed by atoms with Gasteiger partial charge in [-0.15, -0.1) is 0 Å². The van der Waals surface area contributed by atoms with Gasteiger partial charge in [0, 0.05) is 59.4 Å². The third kappa shape index (κ3) is 4.63. The molecule has 29 heavy (non-hydrogen) atoms. The van der Waals surface area contributed by atoms with Gasteiger partial charge < -0.3 is 15.0 Å². The summed E-state index contributed by atoms with van der Waals surface area (Å²) in [6.07, 6.45) is 5.77. The van der Waals surface area contributed by atoms with Crippen molar-refractivity contribution < 1.29 is 9.53 Å². The number of hydrogen-bond acceptors (Lipinski definition) is 3. The Morgan fingerprint density at radius 2 is 2.07 bits per heavy atom. The van der Waals surface area contributed by atoms with E-state index >= 15 is 0 Å². The van der Waals surface area contributed by atoms with E-state index in [0.717, 1.165) is 43.0 Å². The molecule has 0 aliphatic carbocycles. The molecular weight excluding hydrogens is 386 g/mol. The average molecular weight is 410 g/mol. The van der Waals surface area contributed by atoms with Crippen molar-refractivity contribution in [1.29, 1.82) is 0 Å². The largest absolute Gasteiger partial charge is 0.497 e. The number of nitrogens with one attached hydrogen (secondary N) is 2. The van der Waals surface area contributed by atoms with Crippen LogP contribution in [0.4, 0.5) is 5.69 Å². The van der Waals surface area contributed by atoms with Crippen LogP contribution in [0.15, 0.2) is 54.7 Å². The van der Waals surface area contributed by atoms with Gasteiger partial charge in [0.1, 0.15) is 5.75 Å². The number of H-pyrrole nitrogens is 1.